The second-order valence-electron chi connectivity index (χ2n) is 5.47. The van der Waals surface area contributed by atoms with Gasteiger partial charge in [-0.2, -0.15) is 0 Å². The molecule has 0 aliphatic carbocycles. The summed E-state index contributed by atoms with van der Waals surface area (Å²) in [6, 6.07) is 13.2. The Kier molecular flexibility index (Phi) is 5.21. The molecular weight excluding hydrogens is 287 g/mol. The molecule has 0 saturated heterocycles. The Labute approximate surface area is 130 Å². The van der Waals surface area contributed by atoms with E-state index in [0.717, 1.165) is 17.8 Å². The number of rotatable bonds is 5. The molecule has 2 aromatic rings. The van der Waals surface area contributed by atoms with Gasteiger partial charge in [0.05, 0.1) is 5.02 Å². The molecule has 0 radical (unpaired) electrons. The van der Waals surface area contributed by atoms with Crippen LogP contribution < -0.4 is 5.32 Å². The fourth-order valence-electron chi connectivity index (χ4n) is 2.19. The van der Waals surface area contributed by atoms with Gasteiger partial charge in [0.2, 0.25) is 0 Å². The number of halogens is 2. The van der Waals surface area contributed by atoms with Crippen molar-refractivity contribution in [1.29, 1.82) is 0 Å². The van der Waals surface area contributed by atoms with Crippen molar-refractivity contribution < 1.29 is 4.39 Å². The molecule has 0 fully saturated rings. The van der Waals surface area contributed by atoms with E-state index in [1.54, 1.807) is 12.1 Å². The molecule has 0 saturated carbocycles. The second kappa shape index (κ2) is 6.92. The lowest BCUT2D eigenvalue weighted by Gasteiger charge is -2.17. The van der Waals surface area contributed by atoms with Gasteiger partial charge >= 0.3 is 0 Å². The van der Waals surface area contributed by atoms with Crippen LogP contribution in [-0.2, 0) is 6.54 Å². The smallest absolute Gasteiger partial charge is 0.141 e. The molecule has 0 amide bonds. The molecule has 1 unspecified atom stereocenters. The van der Waals surface area contributed by atoms with Crippen LogP contribution in [0.15, 0.2) is 42.5 Å². The first kappa shape index (κ1) is 15.8. The average molecular weight is 307 g/mol. The first-order valence-corrected chi connectivity index (χ1v) is 7.28. The van der Waals surface area contributed by atoms with Crippen molar-refractivity contribution in [2.24, 2.45) is 0 Å². The summed E-state index contributed by atoms with van der Waals surface area (Å²) in [5.41, 5.74) is 3.26. The van der Waals surface area contributed by atoms with Crippen LogP contribution in [0, 0.1) is 5.82 Å². The molecule has 2 nitrogen and oxygen atoms in total. The van der Waals surface area contributed by atoms with E-state index in [2.05, 4.69) is 34.5 Å². The number of benzene rings is 2. The molecule has 2 rings (SSSR count). The third-order valence-electron chi connectivity index (χ3n) is 3.28. The molecule has 0 aliphatic heterocycles. The minimum atomic E-state index is -0.388. The van der Waals surface area contributed by atoms with Gasteiger partial charge in [-0.15, -0.1) is 0 Å². The fraction of sp³-hybridized carbons (Fsp3) is 0.294. The number of hydrogen-bond acceptors (Lipinski definition) is 2. The SMILES string of the molecule is CC(Nc1ccc(CN(C)C)cc1)c1ccc(F)c(Cl)c1. The molecule has 0 spiro atoms. The van der Waals surface area contributed by atoms with Crippen LogP contribution in [0.1, 0.15) is 24.1 Å². The summed E-state index contributed by atoms with van der Waals surface area (Å²) in [5.74, 6) is -0.388. The van der Waals surface area contributed by atoms with Gasteiger partial charge in [0.15, 0.2) is 0 Å². The molecular formula is C17H20ClFN2. The highest BCUT2D eigenvalue weighted by Gasteiger charge is 2.08. The molecule has 0 aromatic heterocycles. The van der Waals surface area contributed by atoms with Crippen molar-refractivity contribution in [3.8, 4) is 0 Å². The largest absolute Gasteiger partial charge is 0.379 e. The summed E-state index contributed by atoms with van der Waals surface area (Å²) in [7, 11) is 4.10. The van der Waals surface area contributed by atoms with E-state index in [4.69, 9.17) is 11.6 Å². The first-order valence-electron chi connectivity index (χ1n) is 6.91. The highest BCUT2D eigenvalue weighted by Crippen LogP contribution is 2.24. The van der Waals surface area contributed by atoms with E-state index in [1.807, 2.05) is 21.0 Å². The van der Waals surface area contributed by atoms with Gasteiger partial charge in [0.1, 0.15) is 5.82 Å². The maximum absolute atomic E-state index is 13.2. The second-order valence-corrected chi connectivity index (χ2v) is 5.88. The molecule has 2 aromatic carbocycles. The van der Waals surface area contributed by atoms with Gasteiger partial charge in [-0.3, -0.25) is 0 Å². The van der Waals surface area contributed by atoms with Crippen molar-refractivity contribution in [3.63, 3.8) is 0 Å². The maximum atomic E-state index is 13.2. The minimum absolute atomic E-state index is 0.0581. The molecule has 0 heterocycles. The lowest BCUT2D eigenvalue weighted by atomic mass is 10.1. The minimum Gasteiger partial charge on any atom is -0.379 e. The van der Waals surface area contributed by atoms with Gasteiger partial charge in [0, 0.05) is 18.3 Å². The van der Waals surface area contributed by atoms with E-state index < -0.39 is 0 Å². The lowest BCUT2D eigenvalue weighted by molar-refractivity contribution is 0.402. The van der Waals surface area contributed by atoms with E-state index >= 15 is 0 Å². The van der Waals surface area contributed by atoms with Crippen LogP contribution in [-0.4, -0.2) is 19.0 Å². The fourth-order valence-corrected chi connectivity index (χ4v) is 2.38. The van der Waals surface area contributed by atoms with Crippen LogP contribution in [0.2, 0.25) is 5.02 Å². The summed E-state index contributed by atoms with van der Waals surface area (Å²) in [6.45, 7) is 2.95. The first-order chi connectivity index (χ1) is 9.95. The Bertz CT molecular complexity index is 596. The third kappa shape index (κ3) is 4.45. The predicted octanol–water partition coefficient (Wildman–Crippen LogP) is 4.71. The molecule has 0 bridgehead atoms. The van der Waals surface area contributed by atoms with Gasteiger partial charge in [0.25, 0.3) is 0 Å². The molecule has 21 heavy (non-hydrogen) atoms. The zero-order valence-electron chi connectivity index (χ0n) is 12.5. The van der Waals surface area contributed by atoms with Gasteiger partial charge in [-0.1, -0.05) is 29.8 Å². The van der Waals surface area contributed by atoms with Crippen molar-refractivity contribution in [2.45, 2.75) is 19.5 Å². The van der Waals surface area contributed by atoms with Crippen LogP contribution in [0.5, 0.6) is 0 Å². The van der Waals surface area contributed by atoms with Crippen molar-refractivity contribution in [1.82, 2.24) is 4.90 Å². The van der Waals surface area contributed by atoms with Crippen molar-refractivity contribution in [2.75, 3.05) is 19.4 Å². The molecule has 4 heteroatoms. The summed E-state index contributed by atoms with van der Waals surface area (Å²) >= 11 is 5.82. The topological polar surface area (TPSA) is 15.3 Å². The Morgan fingerprint density at radius 1 is 1.14 bits per heavy atom. The van der Waals surface area contributed by atoms with Gasteiger partial charge in [-0.05, 0) is 56.4 Å². The van der Waals surface area contributed by atoms with Crippen LogP contribution in [0.3, 0.4) is 0 Å². The van der Waals surface area contributed by atoms with E-state index in [9.17, 15) is 4.39 Å². The molecule has 0 aliphatic rings. The Morgan fingerprint density at radius 3 is 2.38 bits per heavy atom. The molecule has 1 N–H and O–H groups in total. The number of nitrogens with zero attached hydrogens (tertiary/aromatic N) is 1. The van der Waals surface area contributed by atoms with Gasteiger partial charge in [-0.25, -0.2) is 4.39 Å². The van der Waals surface area contributed by atoms with Crippen LogP contribution in [0.4, 0.5) is 10.1 Å². The summed E-state index contributed by atoms with van der Waals surface area (Å²) in [5, 5.41) is 3.55. The van der Waals surface area contributed by atoms with E-state index in [1.165, 1.54) is 11.6 Å². The van der Waals surface area contributed by atoms with E-state index in [-0.39, 0.29) is 16.9 Å². The van der Waals surface area contributed by atoms with Crippen molar-refractivity contribution >= 4 is 17.3 Å². The normalized spacial score (nSPS) is 12.5. The van der Waals surface area contributed by atoms with Crippen LogP contribution >= 0.6 is 11.6 Å². The summed E-state index contributed by atoms with van der Waals surface area (Å²) in [6.07, 6.45) is 0. The zero-order chi connectivity index (χ0) is 15.4. The molecule has 112 valence electrons. The van der Waals surface area contributed by atoms with E-state index in [0.29, 0.717) is 0 Å². The quantitative estimate of drug-likeness (QED) is 0.860. The standard InChI is InChI=1S/C17H20ClFN2/c1-12(14-6-9-17(19)16(18)10-14)20-15-7-4-13(5-8-15)11-21(2)3/h4-10,12,20H,11H2,1-3H3. The number of hydrogen-bond donors (Lipinski definition) is 1. The van der Waals surface area contributed by atoms with Crippen LogP contribution in [0.25, 0.3) is 0 Å². The predicted molar refractivity (Wildman–Crippen MR) is 87.3 cm³/mol. The van der Waals surface area contributed by atoms with Crippen molar-refractivity contribution in [3.05, 3.63) is 64.4 Å². The monoisotopic (exact) mass is 306 g/mol. The third-order valence-corrected chi connectivity index (χ3v) is 3.57. The Morgan fingerprint density at radius 2 is 1.81 bits per heavy atom. The molecule has 1 atom stereocenters. The highest BCUT2D eigenvalue weighted by molar-refractivity contribution is 6.30. The Balaban J connectivity index is 2.04. The summed E-state index contributed by atoms with van der Waals surface area (Å²) in [4.78, 5) is 2.13. The van der Waals surface area contributed by atoms with Gasteiger partial charge < -0.3 is 10.2 Å². The lowest BCUT2D eigenvalue weighted by Crippen LogP contribution is -2.11. The zero-order valence-corrected chi connectivity index (χ0v) is 13.3. The number of anilines is 1. The Hall–Kier alpha value is -1.58. The highest BCUT2D eigenvalue weighted by atomic mass is 35.5. The summed E-state index contributed by atoms with van der Waals surface area (Å²) < 4.78 is 13.2. The average Bonchev–Trinajstić information content (AvgIpc) is 2.43. The maximum Gasteiger partial charge on any atom is 0.141 e. The number of nitrogens with one attached hydrogen (secondary N) is 1.